The number of nitrogens with zero attached hydrogens (tertiary/aromatic N) is 6. The average Bonchev–Trinajstić information content (AvgIpc) is 2.97. The highest BCUT2D eigenvalue weighted by Gasteiger charge is 2.35. The Morgan fingerprint density at radius 1 is 1.23 bits per heavy atom. The topological polar surface area (TPSA) is 83.5 Å². The molecule has 1 saturated heterocycles. The van der Waals surface area contributed by atoms with Crippen molar-refractivity contribution in [2.45, 2.75) is 13.0 Å². The van der Waals surface area contributed by atoms with Gasteiger partial charge in [-0.05, 0) is 46.5 Å². The number of aromatic nitrogens is 2. The molecule has 0 radical (unpaired) electrons. The molecule has 1 aromatic heterocycles. The van der Waals surface area contributed by atoms with Gasteiger partial charge in [0.2, 0.25) is 11.8 Å². The van der Waals surface area contributed by atoms with Crippen molar-refractivity contribution in [3.8, 4) is 0 Å². The number of ether oxygens (including phenoxy) is 3. The Hall–Kier alpha value is -3.74. The van der Waals surface area contributed by atoms with E-state index in [1.807, 2.05) is 12.2 Å². The lowest BCUT2D eigenvalue weighted by Gasteiger charge is -2.36. The lowest BCUT2D eigenvalue weighted by atomic mass is 9.96. The highest BCUT2D eigenvalue weighted by Crippen LogP contribution is 2.37. The number of hydrogen-bond donors (Lipinski definition) is 0. The number of urea groups is 1. The van der Waals surface area contributed by atoms with Crippen molar-refractivity contribution in [3.63, 3.8) is 0 Å². The van der Waals surface area contributed by atoms with Gasteiger partial charge in [-0.25, -0.2) is 19.1 Å². The number of para-hydroxylation sites is 1. The van der Waals surface area contributed by atoms with Gasteiger partial charge in [0.05, 0.1) is 25.4 Å². The number of allylic oxidation sites excluding steroid dienone is 3. The molecule has 4 heterocycles. The molecular weight excluding hydrogens is 583 g/mol. The van der Waals surface area contributed by atoms with Crippen LogP contribution in [0.4, 0.5) is 26.6 Å². The second-order valence-electron chi connectivity index (χ2n) is 9.75. The maximum atomic E-state index is 14.7. The van der Waals surface area contributed by atoms with E-state index >= 15 is 0 Å². The van der Waals surface area contributed by atoms with E-state index in [2.05, 4.69) is 31.9 Å². The van der Waals surface area contributed by atoms with Gasteiger partial charge < -0.3 is 14.2 Å². The Labute approximate surface area is 239 Å². The van der Waals surface area contributed by atoms with Gasteiger partial charge in [-0.1, -0.05) is 18.2 Å². The number of amides is 2. The van der Waals surface area contributed by atoms with E-state index in [1.165, 1.54) is 34.7 Å². The number of benzene rings is 1. The van der Waals surface area contributed by atoms with E-state index in [0.29, 0.717) is 27.7 Å². The van der Waals surface area contributed by atoms with Crippen molar-refractivity contribution < 1.29 is 23.4 Å². The number of hydrogen-bond acceptors (Lipinski definition) is 8. The van der Waals surface area contributed by atoms with Gasteiger partial charge in [0.15, 0.2) is 6.26 Å². The summed E-state index contributed by atoms with van der Waals surface area (Å²) in [5, 5.41) is 0. The molecule has 3 aliphatic heterocycles. The fourth-order valence-electron chi connectivity index (χ4n) is 5.19. The lowest BCUT2D eigenvalue weighted by molar-refractivity contribution is 0.0333. The molecule has 2 amide bonds. The van der Waals surface area contributed by atoms with Crippen molar-refractivity contribution in [3.05, 3.63) is 88.8 Å². The number of carbonyl (C=O) groups is 1. The molecule has 1 fully saturated rings. The van der Waals surface area contributed by atoms with Crippen LogP contribution in [0.1, 0.15) is 12.0 Å². The Balaban J connectivity index is 1.31. The molecule has 6 rings (SSSR count). The Bertz CT molecular complexity index is 1400. The maximum Gasteiger partial charge on any atom is 0.330 e. The molecule has 1 aliphatic carbocycles. The highest BCUT2D eigenvalue weighted by atomic mass is 79.9. The Morgan fingerprint density at radius 2 is 2.08 bits per heavy atom. The van der Waals surface area contributed by atoms with Gasteiger partial charge in [-0.2, -0.15) is 4.98 Å². The molecule has 0 N–H and O–H groups in total. The van der Waals surface area contributed by atoms with Crippen LogP contribution < -0.4 is 14.7 Å². The summed E-state index contributed by atoms with van der Waals surface area (Å²) in [5.74, 6) is 0.942. The van der Waals surface area contributed by atoms with Crippen LogP contribution in [0.25, 0.3) is 0 Å². The van der Waals surface area contributed by atoms with Gasteiger partial charge >= 0.3 is 6.03 Å². The second kappa shape index (κ2) is 11.4. The largest absolute Gasteiger partial charge is 0.464 e. The molecule has 0 spiro atoms. The summed E-state index contributed by atoms with van der Waals surface area (Å²) in [6.07, 6.45) is 13.0. The molecule has 40 heavy (non-hydrogen) atoms. The van der Waals surface area contributed by atoms with Crippen LogP contribution in [-0.2, 0) is 20.8 Å². The van der Waals surface area contributed by atoms with Crippen LogP contribution in [0, 0.1) is 11.7 Å². The van der Waals surface area contributed by atoms with Crippen molar-refractivity contribution in [2.24, 2.45) is 5.92 Å². The zero-order valence-electron chi connectivity index (χ0n) is 21.9. The van der Waals surface area contributed by atoms with Crippen LogP contribution in [0.15, 0.2) is 77.5 Å². The molecule has 12 heteroatoms. The summed E-state index contributed by atoms with van der Waals surface area (Å²) in [6, 6.07) is 4.21. The van der Waals surface area contributed by atoms with E-state index in [4.69, 9.17) is 19.2 Å². The first-order valence-corrected chi connectivity index (χ1v) is 13.8. The van der Waals surface area contributed by atoms with E-state index in [1.54, 1.807) is 30.3 Å². The zero-order chi connectivity index (χ0) is 27.6. The minimum atomic E-state index is -0.498. The number of rotatable bonds is 6. The lowest BCUT2D eigenvalue weighted by Crippen LogP contribution is -2.46. The number of morpholine rings is 1. The minimum Gasteiger partial charge on any atom is -0.464 e. The Kier molecular flexibility index (Phi) is 7.55. The summed E-state index contributed by atoms with van der Waals surface area (Å²) in [5.41, 5.74) is 1.77. The smallest absolute Gasteiger partial charge is 0.330 e. The molecule has 0 saturated carbocycles. The molecule has 208 valence electrons. The van der Waals surface area contributed by atoms with Gasteiger partial charge in [-0.15, -0.1) is 0 Å². The molecule has 4 aliphatic rings. The molecule has 1 atom stereocenters. The minimum absolute atomic E-state index is 0.121. The van der Waals surface area contributed by atoms with E-state index < -0.39 is 11.8 Å². The van der Waals surface area contributed by atoms with Crippen LogP contribution in [0.2, 0.25) is 0 Å². The summed E-state index contributed by atoms with van der Waals surface area (Å²) in [7, 11) is 1.62. The third kappa shape index (κ3) is 5.21. The fraction of sp³-hybridized carbons (Fsp3) is 0.321. The van der Waals surface area contributed by atoms with Gasteiger partial charge in [-0.3, -0.25) is 14.7 Å². The van der Waals surface area contributed by atoms with Crippen LogP contribution >= 0.6 is 15.9 Å². The number of fused-ring (bicyclic) bond motifs is 1. The SMILES string of the molecule is CN1C(=O)N(c2c(F)cccc2Br)Cc2cnc(N(C3=CC=CC(CN4CCOCC4)C3)C3=COC=CO3)nc21. The zero-order valence-corrected chi connectivity index (χ0v) is 23.5. The third-order valence-electron chi connectivity index (χ3n) is 7.14. The fourth-order valence-corrected chi connectivity index (χ4v) is 5.75. The van der Waals surface area contributed by atoms with E-state index in [0.717, 1.165) is 45.0 Å². The van der Waals surface area contributed by atoms with Crippen molar-refractivity contribution in [1.29, 1.82) is 0 Å². The van der Waals surface area contributed by atoms with Crippen LogP contribution in [0.3, 0.4) is 0 Å². The second-order valence-corrected chi connectivity index (χ2v) is 10.6. The Morgan fingerprint density at radius 3 is 2.85 bits per heavy atom. The summed E-state index contributed by atoms with van der Waals surface area (Å²) >= 11 is 3.38. The molecule has 10 nitrogen and oxygen atoms in total. The van der Waals surface area contributed by atoms with Crippen LogP contribution in [-0.4, -0.2) is 60.8 Å². The summed E-state index contributed by atoms with van der Waals surface area (Å²) in [6.45, 7) is 4.34. The maximum absolute atomic E-state index is 14.7. The van der Waals surface area contributed by atoms with Gasteiger partial charge in [0.25, 0.3) is 0 Å². The normalized spacial score (nSPS) is 20.9. The van der Waals surface area contributed by atoms with E-state index in [9.17, 15) is 9.18 Å². The first kappa shape index (κ1) is 26.5. The molecular formula is C28H28BrFN6O4. The number of carbonyl (C=O) groups excluding carboxylic acids is 1. The average molecular weight is 611 g/mol. The van der Waals surface area contributed by atoms with E-state index in [-0.39, 0.29) is 18.2 Å². The highest BCUT2D eigenvalue weighted by molar-refractivity contribution is 9.10. The third-order valence-corrected chi connectivity index (χ3v) is 7.78. The standard InChI is InChI=1S/C28H28BrFN6O4/c1-33-26-20(17-35(28(33)37)25-22(29)6-3-7-23(25)30)15-31-27(32-26)36(24-18-39-12-13-40-24)21-5-2-4-19(14-21)16-34-8-10-38-11-9-34/h2-7,12-13,15,18-19H,8-11,14,16-17H2,1H3. The molecule has 1 unspecified atom stereocenters. The van der Waals surface area contributed by atoms with Crippen molar-refractivity contribution in [2.75, 3.05) is 54.6 Å². The first-order valence-electron chi connectivity index (χ1n) is 13.0. The van der Waals surface area contributed by atoms with Crippen LogP contribution in [0.5, 0.6) is 0 Å². The molecule has 2 aromatic rings. The number of halogens is 2. The summed E-state index contributed by atoms with van der Waals surface area (Å²) in [4.78, 5) is 29.9. The van der Waals surface area contributed by atoms with Crippen molar-refractivity contribution in [1.82, 2.24) is 14.9 Å². The van der Waals surface area contributed by atoms with Crippen molar-refractivity contribution >= 4 is 39.4 Å². The first-order chi connectivity index (χ1) is 19.5. The monoisotopic (exact) mass is 610 g/mol. The molecule has 1 aromatic carbocycles. The molecule has 0 bridgehead atoms. The predicted octanol–water partition coefficient (Wildman–Crippen LogP) is 4.87. The summed E-state index contributed by atoms with van der Waals surface area (Å²) < 4.78 is 31.9. The quantitative estimate of drug-likeness (QED) is 0.458. The number of anilines is 3. The van der Waals surface area contributed by atoms with Gasteiger partial charge in [0, 0.05) is 48.6 Å². The van der Waals surface area contributed by atoms with Gasteiger partial charge in [0.1, 0.15) is 24.2 Å². The predicted molar refractivity (Wildman–Crippen MR) is 151 cm³/mol.